The number of benzene rings is 2. The highest BCUT2D eigenvalue weighted by Crippen LogP contribution is 2.25. The van der Waals surface area contributed by atoms with Gasteiger partial charge in [-0.05, 0) is 68.7 Å². The average molecular weight is 340 g/mol. The van der Waals surface area contributed by atoms with E-state index in [-0.39, 0.29) is 12.1 Å². The lowest BCUT2D eigenvalue weighted by molar-refractivity contribution is 0.145. The molecule has 0 spiro atoms. The van der Waals surface area contributed by atoms with Gasteiger partial charge in [0.15, 0.2) is 0 Å². The maximum atomic E-state index is 9.64. The summed E-state index contributed by atoms with van der Waals surface area (Å²) >= 11 is 0. The molecule has 2 N–H and O–H groups in total. The molecule has 2 aromatic carbocycles. The van der Waals surface area contributed by atoms with E-state index in [9.17, 15) is 5.11 Å². The van der Waals surface area contributed by atoms with E-state index in [1.807, 2.05) is 19.1 Å². The van der Waals surface area contributed by atoms with Crippen LogP contribution in [-0.4, -0.2) is 30.9 Å². The van der Waals surface area contributed by atoms with Crippen molar-refractivity contribution in [2.24, 2.45) is 0 Å². The van der Waals surface area contributed by atoms with Crippen molar-refractivity contribution in [3.05, 3.63) is 54.1 Å². The van der Waals surface area contributed by atoms with Crippen molar-refractivity contribution in [1.82, 2.24) is 0 Å². The molecule has 1 unspecified atom stereocenters. The van der Waals surface area contributed by atoms with Crippen LogP contribution in [0.15, 0.2) is 48.5 Å². The highest BCUT2D eigenvalue weighted by Gasteiger charge is 2.17. The van der Waals surface area contributed by atoms with Gasteiger partial charge in [0, 0.05) is 30.5 Å². The molecule has 4 heteroatoms. The summed E-state index contributed by atoms with van der Waals surface area (Å²) in [6, 6.07) is 17.1. The van der Waals surface area contributed by atoms with E-state index in [1.54, 1.807) is 0 Å². The number of aliphatic hydroxyl groups excluding tert-OH is 1. The third-order valence-corrected chi connectivity index (χ3v) is 4.77. The van der Waals surface area contributed by atoms with Gasteiger partial charge < -0.3 is 20.1 Å². The van der Waals surface area contributed by atoms with E-state index >= 15 is 0 Å². The molecule has 0 aromatic heterocycles. The summed E-state index contributed by atoms with van der Waals surface area (Å²) in [5.74, 6) is 0.900. The molecule has 1 atom stereocenters. The molecule has 1 fully saturated rings. The van der Waals surface area contributed by atoms with Crippen LogP contribution in [0.25, 0.3) is 0 Å². The van der Waals surface area contributed by atoms with Crippen molar-refractivity contribution in [2.75, 3.05) is 29.9 Å². The zero-order valence-corrected chi connectivity index (χ0v) is 15.1. The van der Waals surface area contributed by atoms with Gasteiger partial charge in [0.25, 0.3) is 0 Å². The number of piperidine rings is 1. The number of nitrogens with zero attached hydrogens (tertiary/aromatic N) is 1. The maximum Gasteiger partial charge on any atom is 0.119 e. The van der Waals surface area contributed by atoms with Crippen LogP contribution in [0.1, 0.15) is 38.3 Å². The number of rotatable bonds is 6. The van der Waals surface area contributed by atoms with E-state index < -0.39 is 0 Å². The van der Waals surface area contributed by atoms with E-state index in [2.05, 4.69) is 53.5 Å². The molecule has 25 heavy (non-hydrogen) atoms. The molecule has 1 aliphatic rings. The molecule has 0 aliphatic carbocycles. The Hall–Kier alpha value is -2.20. The normalized spacial score (nSPS) is 16.5. The molecular formula is C21H28N2O2. The van der Waals surface area contributed by atoms with Gasteiger partial charge in [-0.15, -0.1) is 0 Å². The topological polar surface area (TPSA) is 44.7 Å². The quantitative estimate of drug-likeness (QED) is 0.826. The van der Waals surface area contributed by atoms with Crippen LogP contribution in [0.2, 0.25) is 0 Å². The summed E-state index contributed by atoms with van der Waals surface area (Å²) in [5, 5.41) is 13.2. The lowest BCUT2D eigenvalue weighted by Crippen LogP contribution is -2.35. The summed E-state index contributed by atoms with van der Waals surface area (Å²) in [4.78, 5) is 2.35. The number of hydrogen-bond donors (Lipinski definition) is 2. The van der Waals surface area contributed by atoms with Crippen molar-refractivity contribution in [1.29, 1.82) is 0 Å². The molecule has 134 valence electrons. The average Bonchev–Trinajstić information content (AvgIpc) is 2.64. The Labute approximate surface area is 150 Å². The largest absolute Gasteiger partial charge is 0.494 e. The molecule has 0 bridgehead atoms. The van der Waals surface area contributed by atoms with E-state index in [0.29, 0.717) is 6.61 Å². The Morgan fingerprint density at radius 1 is 1.08 bits per heavy atom. The summed E-state index contributed by atoms with van der Waals surface area (Å²) in [5.41, 5.74) is 3.59. The molecule has 0 amide bonds. The second-order valence-corrected chi connectivity index (χ2v) is 6.63. The minimum atomic E-state index is -0.131. The summed E-state index contributed by atoms with van der Waals surface area (Å²) < 4.78 is 5.48. The van der Waals surface area contributed by atoms with E-state index in [4.69, 9.17) is 4.74 Å². The second-order valence-electron chi connectivity index (χ2n) is 6.63. The summed E-state index contributed by atoms with van der Waals surface area (Å²) in [6.45, 7) is 6.71. The number of ether oxygens (including phenoxy) is 1. The van der Waals surface area contributed by atoms with Crippen molar-refractivity contribution in [3.8, 4) is 5.75 Å². The van der Waals surface area contributed by atoms with Gasteiger partial charge in [0.05, 0.1) is 12.7 Å². The second kappa shape index (κ2) is 8.26. The predicted octanol–water partition coefficient (Wildman–Crippen LogP) is 4.22. The molecule has 0 saturated carbocycles. The first-order chi connectivity index (χ1) is 12.2. The fourth-order valence-electron chi connectivity index (χ4n) is 3.25. The summed E-state index contributed by atoms with van der Waals surface area (Å²) in [7, 11) is 0. The van der Waals surface area contributed by atoms with Crippen molar-refractivity contribution >= 4 is 11.4 Å². The predicted molar refractivity (Wildman–Crippen MR) is 104 cm³/mol. The number of aliphatic hydroxyl groups is 1. The van der Waals surface area contributed by atoms with Crippen LogP contribution >= 0.6 is 0 Å². The van der Waals surface area contributed by atoms with Crippen molar-refractivity contribution in [2.45, 2.75) is 38.8 Å². The Morgan fingerprint density at radius 3 is 2.32 bits per heavy atom. The lowest BCUT2D eigenvalue weighted by Gasteiger charge is -2.31. The van der Waals surface area contributed by atoms with Crippen LogP contribution in [0.5, 0.6) is 5.75 Å². The smallest absolute Gasteiger partial charge is 0.119 e. The van der Waals surface area contributed by atoms with Crippen LogP contribution < -0.4 is 15.0 Å². The standard InChI is InChI=1S/C21H28N2O2/c1-3-25-21-10-6-18(7-11-21)22-16(2)17-4-8-19(9-5-17)23-14-12-20(24)13-15-23/h4-11,16,20,22,24H,3,12-15H2,1-2H3. The first-order valence-corrected chi connectivity index (χ1v) is 9.18. The van der Waals surface area contributed by atoms with Crippen molar-refractivity contribution < 1.29 is 9.84 Å². The summed E-state index contributed by atoms with van der Waals surface area (Å²) in [6.07, 6.45) is 1.59. The Bertz CT molecular complexity index is 647. The molecular weight excluding hydrogens is 312 g/mol. The molecule has 1 saturated heterocycles. The molecule has 3 rings (SSSR count). The van der Waals surface area contributed by atoms with Gasteiger partial charge in [-0.2, -0.15) is 0 Å². The maximum absolute atomic E-state index is 9.64. The van der Waals surface area contributed by atoms with Gasteiger partial charge in [0.1, 0.15) is 5.75 Å². The monoisotopic (exact) mass is 340 g/mol. The SMILES string of the molecule is CCOc1ccc(NC(C)c2ccc(N3CCC(O)CC3)cc2)cc1. The van der Waals surface area contributed by atoms with Crippen LogP contribution in [-0.2, 0) is 0 Å². The number of anilines is 2. The molecule has 4 nitrogen and oxygen atoms in total. The molecule has 2 aromatic rings. The minimum Gasteiger partial charge on any atom is -0.494 e. The van der Waals surface area contributed by atoms with E-state index in [0.717, 1.165) is 37.4 Å². The lowest BCUT2D eigenvalue weighted by atomic mass is 10.0. The molecule has 1 aliphatic heterocycles. The Morgan fingerprint density at radius 2 is 1.72 bits per heavy atom. The van der Waals surface area contributed by atoms with Crippen LogP contribution in [0.4, 0.5) is 11.4 Å². The van der Waals surface area contributed by atoms with Crippen molar-refractivity contribution in [3.63, 3.8) is 0 Å². The molecule has 1 heterocycles. The third kappa shape index (κ3) is 4.67. The zero-order valence-electron chi connectivity index (χ0n) is 15.1. The van der Waals surface area contributed by atoms with Gasteiger partial charge in [-0.3, -0.25) is 0 Å². The first kappa shape index (κ1) is 17.6. The van der Waals surface area contributed by atoms with E-state index in [1.165, 1.54) is 11.3 Å². The number of hydrogen-bond acceptors (Lipinski definition) is 4. The highest BCUT2D eigenvalue weighted by atomic mass is 16.5. The van der Waals surface area contributed by atoms with Crippen LogP contribution in [0.3, 0.4) is 0 Å². The minimum absolute atomic E-state index is 0.131. The fraction of sp³-hybridized carbons (Fsp3) is 0.429. The van der Waals surface area contributed by atoms with Gasteiger partial charge >= 0.3 is 0 Å². The number of nitrogens with one attached hydrogen (secondary N) is 1. The zero-order chi connectivity index (χ0) is 17.6. The van der Waals surface area contributed by atoms with Gasteiger partial charge in [-0.1, -0.05) is 12.1 Å². The third-order valence-electron chi connectivity index (χ3n) is 4.77. The Kier molecular flexibility index (Phi) is 5.82. The van der Waals surface area contributed by atoms with Gasteiger partial charge in [-0.25, -0.2) is 0 Å². The fourth-order valence-corrected chi connectivity index (χ4v) is 3.25. The van der Waals surface area contributed by atoms with Gasteiger partial charge in [0.2, 0.25) is 0 Å². The first-order valence-electron chi connectivity index (χ1n) is 9.18. The highest BCUT2D eigenvalue weighted by molar-refractivity contribution is 5.51. The van der Waals surface area contributed by atoms with Crippen LogP contribution in [0, 0.1) is 0 Å². The molecule has 0 radical (unpaired) electrons. The Balaban J connectivity index is 1.59.